The Balaban J connectivity index is 2.19. The minimum absolute atomic E-state index is 0.101. The summed E-state index contributed by atoms with van der Waals surface area (Å²) in [6, 6.07) is 10.1. The number of halogens is 4. The van der Waals surface area contributed by atoms with Crippen LogP contribution in [-0.2, 0) is 4.79 Å². The van der Waals surface area contributed by atoms with Crippen molar-refractivity contribution in [3.63, 3.8) is 0 Å². The Morgan fingerprint density at radius 1 is 1.35 bits per heavy atom. The van der Waals surface area contributed by atoms with Crippen LogP contribution >= 0.6 is 11.6 Å². The molecular weight excluding hydrogens is 329 g/mol. The van der Waals surface area contributed by atoms with Crippen molar-refractivity contribution in [1.29, 1.82) is 5.26 Å². The third-order valence-corrected chi connectivity index (χ3v) is 4.32. The molecule has 2 aromatic rings. The van der Waals surface area contributed by atoms with Crippen LogP contribution in [0.2, 0.25) is 0 Å². The van der Waals surface area contributed by atoms with Crippen LogP contribution in [0.25, 0.3) is 10.8 Å². The number of anilines is 1. The molecule has 0 aromatic heterocycles. The van der Waals surface area contributed by atoms with Gasteiger partial charge in [0, 0.05) is 24.0 Å². The molecule has 0 saturated carbocycles. The molecule has 23 heavy (non-hydrogen) atoms. The number of alkyl halides is 4. The van der Waals surface area contributed by atoms with Crippen LogP contribution in [0.3, 0.4) is 0 Å². The lowest BCUT2D eigenvalue weighted by Gasteiger charge is -2.19. The molecule has 1 amide bonds. The van der Waals surface area contributed by atoms with Gasteiger partial charge in [-0.1, -0.05) is 12.1 Å². The predicted molar refractivity (Wildman–Crippen MR) is 80.5 cm³/mol. The van der Waals surface area contributed by atoms with E-state index in [-0.39, 0.29) is 24.0 Å². The van der Waals surface area contributed by atoms with Gasteiger partial charge in [-0.15, -0.1) is 11.6 Å². The summed E-state index contributed by atoms with van der Waals surface area (Å²) < 4.78 is 38.3. The standard InChI is InChI=1S/C16H10ClF3N2O/c17-6-11-8-22(15(23)16(18,19)20)13-4-2-10-5-9(7-21)1-3-12(10)14(11)13/h1-5,11H,6,8H2. The van der Waals surface area contributed by atoms with Gasteiger partial charge < -0.3 is 4.90 Å². The molecule has 0 saturated heterocycles. The quantitative estimate of drug-likeness (QED) is 0.739. The van der Waals surface area contributed by atoms with Crippen molar-refractivity contribution in [2.24, 2.45) is 0 Å². The van der Waals surface area contributed by atoms with E-state index in [1.807, 2.05) is 6.07 Å². The number of rotatable bonds is 1. The fourth-order valence-electron chi connectivity index (χ4n) is 2.96. The van der Waals surface area contributed by atoms with Gasteiger partial charge in [0.25, 0.3) is 0 Å². The molecule has 0 spiro atoms. The number of nitrogens with zero attached hydrogens (tertiary/aromatic N) is 2. The first-order valence-electron chi connectivity index (χ1n) is 6.78. The van der Waals surface area contributed by atoms with Gasteiger partial charge in [0.1, 0.15) is 0 Å². The maximum atomic E-state index is 12.8. The second-order valence-corrected chi connectivity index (χ2v) is 5.62. The molecule has 0 bridgehead atoms. The Morgan fingerprint density at radius 2 is 2.09 bits per heavy atom. The molecule has 3 rings (SSSR count). The molecule has 0 radical (unpaired) electrons. The highest BCUT2D eigenvalue weighted by Crippen LogP contribution is 2.43. The van der Waals surface area contributed by atoms with Gasteiger partial charge in [-0.05, 0) is 34.5 Å². The van der Waals surface area contributed by atoms with Gasteiger partial charge in [0.2, 0.25) is 0 Å². The first-order valence-corrected chi connectivity index (χ1v) is 7.31. The zero-order chi connectivity index (χ0) is 16.8. The van der Waals surface area contributed by atoms with Gasteiger partial charge in [0.05, 0.1) is 11.6 Å². The summed E-state index contributed by atoms with van der Waals surface area (Å²) in [5, 5.41) is 10.4. The summed E-state index contributed by atoms with van der Waals surface area (Å²) in [5.74, 6) is -2.16. The molecule has 1 unspecified atom stereocenters. The van der Waals surface area contributed by atoms with Crippen LogP contribution in [0.4, 0.5) is 18.9 Å². The normalized spacial score (nSPS) is 17.2. The first-order chi connectivity index (χ1) is 10.9. The molecule has 1 atom stereocenters. The minimum Gasteiger partial charge on any atom is -0.304 e. The molecule has 0 aliphatic carbocycles. The predicted octanol–water partition coefficient (Wildman–Crippen LogP) is 3.94. The fourth-order valence-corrected chi connectivity index (χ4v) is 3.21. The average Bonchev–Trinajstić information content (AvgIpc) is 2.91. The summed E-state index contributed by atoms with van der Waals surface area (Å²) in [5.41, 5.74) is 1.32. The second kappa shape index (κ2) is 5.43. The lowest BCUT2D eigenvalue weighted by molar-refractivity contribution is -0.170. The van der Waals surface area contributed by atoms with Gasteiger partial charge in [0.15, 0.2) is 0 Å². The second-order valence-electron chi connectivity index (χ2n) is 5.31. The van der Waals surface area contributed by atoms with E-state index in [1.165, 1.54) is 6.07 Å². The van der Waals surface area contributed by atoms with Crippen molar-refractivity contribution in [1.82, 2.24) is 0 Å². The van der Waals surface area contributed by atoms with Crippen LogP contribution < -0.4 is 4.90 Å². The summed E-state index contributed by atoms with van der Waals surface area (Å²) in [7, 11) is 0. The highest BCUT2D eigenvalue weighted by atomic mass is 35.5. The topological polar surface area (TPSA) is 44.1 Å². The Bertz CT molecular complexity index is 842. The molecule has 7 heteroatoms. The molecule has 2 aromatic carbocycles. The molecule has 118 valence electrons. The van der Waals surface area contributed by atoms with Crippen LogP contribution in [0.5, 0.6) is 0 Å². The van der Waals surface area contributed by atoms with E-state index in [9.17, 15) is 18.0 Å². The van der Waals surface area contributed by atoms with Crippen LogP contribution in [0.15, 0.2) is 30.3 Å². The van der Waals surface area contributed by atoms with Crippen molar-refractivity contribution >= 4 is 34.0 Å². The number of nitriles is 1. The smallest absolute Gasteiger partial charge is 0.304 e. The summed E-state index contributed by atoms with van der Waals surface area (Å²) >= 11 is 5.91. The highest BCUT2D eigenvalue weighted by Gasteiger charge is 2.46. The Labute approximate surface area is 134 Å². The van der Waals surface area contributed by atoms with Crippen molar-refractivity contribution < 1.29 is 18.0 Å². The summed E-state index contributed by atoms with van der Waals surface area (Å²) in [6.07, 6.45) is -4.93. The lowest BCUT2D eigenvalue weighted by Crippen LogP contribution is -2.40. The first kappa shape index (κ1) is 15.6. The van der Waals surface area contributed by atoms with Crippen LogP contribution in [0.1, 0.15) is 17.0 Å². The van der Waals surface area contributed by atoms with Gasteiger partial charge in [-0.25, -0.2) is 0 Å². The van der Waals surface area contributed by atoms with E-state index in [4.69, 9.17) is 16.9 Å². The van der Waals surface area contributed by atoms with E-state index < -0.39 is 12.1 Å². The van der Waals surface area contributed by atoms with E-state index in [2.05, 4.69) is 0 Å². The number of hydrogen-bond donors (Lipinski definition) is 0. The number of benzene rings is 2. The van der Waals surface area contributed by atoms with Gasteiger partial charge in [-0.2, -0.15) is 18.4 Å². The molecule has 1 heterocycles. The molecular formula is C16H10ClF3N2O. The molecule has 1 aliphatic heterocycles. The largest absolute Gasteiger partial charge is 0.471 e. The molecule has 3 nitrogen and oxygen atoms in total. The van der Waals surface area contributed by atoms with Gasteiger partial charge in [-0.3, -0.25) is 4.79 Å². The number of carbonyl (C=O) groups excluding carboxylic acids is 1. The lowest BCUT2D eigenvalue weighted by atomic mass is 9.95. The average molecular weight is 339 g/mol. The number of amides is 1. The third-order valence-electron chi connectivity index (χ3n) is 3.94. The summed E-state index contributed by atoms with van der Waals surface area (Å²) in [4.78, 5) is 12.4. The third kappa shape index (κ3) is 2.51. The van der Waals surface area contributed by atoms with Crippen molar-refractivity contribution in [3.05, 3.63) is 41.5 Å². The van der Waals surface area contributed by atoms with Crippen molar-refractivity contribution in [2.75, 3.05) is 17.3 Å². The number of fused-ring (bicyclic) bond motifs is 3. The van der Waals surface area contributed by atoms with E-state index in [0.29, 0.717) is 16.5 Å². The summed E-state index contributed by atoms with van der Waals surface area (Å²) in [6.45, 7) is -0.101. The fraction of sp³-hybridized carbons (Fsp3) is 0.250. The molecule has 0 fully saturated rings. The SMILES string of the molecule is N#Cc1ccc2c3c(ccc2c1)N(C(=O)C(F)(F)F)CC3CCl. The zero-order valence-electron chi connectivity index (χ0n) is 11.7. The van der Waals surface area contributed by atoms with Crippen LogP contribution in [-0.4, -0.2) is 24.5 Å². The maximum Gasteiger partial charge on any atom is 0.471 e. The monoisotopic (exact) mass is 338 g/mol. The zero-order valence-corrected chi connectivity index (χ0v) is 12.4. The number of hydrogen-bond acceptors (Lipinski definition) is 2. The molecule has 0 N–H and O–H groups in total. The van der Waals surface area contributed by atoms with Crippen molar-refractivity contribution in [2.45, 2.75) is 12.1 Å². The highest BCUT2D eigenvalue weighted by molar-refractivity contribution is 6.19. The Hall–Kier alpha value is -2.26. The maximum absolute atomic E-state index is 12.8. The van der Waals surface area contributed by atoms with E-state index >= 15 is 0 Å². The Morgan fingerprint density at radius 3 is 2.70 bits per heavy atom. The van der Waals surface area contributed by atoms with Gasteiger partial charge >= 0.3 is 12.1 Å². The van der Waals surface area contributed by atoms with E-state index in [1.54, 1.807) is 24.3 Å². The van der Waals surface area contributed by atoms with Crippen LogP contribution in [0, 0.1) is 11.3 Å². The van der Waals surface area contributed by atoms with E-state index in [0.717, 1.165) is 10.3 Å². The molecule has 1 aliphatic rings. The minimum atomic E-state index is -4.93. The van der Waals surface area contributed by atoms with Crippen molar-refractivity contribution in [3.8, 4) is 6.07 Å². The Kier molecular flexibility index (Phi) is 3.69. The number of carbonyl (C=O) groups is 1.